The Morgan fingerprint density at radius 1 is 0.828 bits per heavy atom. The number of aryl methyl sites for hydroxylation is 1. The van der Waals surface area contributed by atoms with E-state index in [9.17, 15) is 13.2 Å². The van der Waals surface area contributed by atoms with Crippen LogP contribution in [-0.2, 0) is 27.8 Å². The molecule has 0 saturated carbocycles. The normalized spacial score (nSPS) is 12.3. The number of nitrogens with one attached hydrogen (secondary N) is 2. The second kappa shape index (κ2) is 9.49. The topological polar surface area (TPSA) is 75.3 Å². The van der Waals surface area contributed by atoms with E-state index in [1.54, 1.807) is 24.3 Å². The largest absolute Gasteiger partial charge is 0.351 e. The van der Waals surface area contributed by atoms with Crippen LogP contribution in [0.5, 0.6) is 0 Å². The van der Waals surface area contributed by atoms with Gasteiger partial charge in [0.15, 0.2) is 0 Å². The van der Waals surface area contributed by atoms with Crippen molar-refractivity contribution < 1.29 is 13.2 Å². The van der Waals surface area contributed by atoms with Crippen molar-refractivity contribution in [2.75, 3.05) is 0 Å². The summed E-state index contributed by atoms with van der Waals surface area (Å²) in [6.07, 6.45) is 0.257. The lowest BCUT2D eigenvalue weighted by molar-refractivity contribution is -0.122. The summed E-state index contributed by atoms with van der Waals surface area (Å²) >= 11 is 0. The molecule has 0 aliphatic heterocycles. The highest BCUT2D eigenvalue weighted by Gasteiger charge is 2.26. The zero-order valence-electron chi connectivity index (χ0n) is 16.2. The van der Waals surface area contributed by atoms with E-state index in [2.05, 4.69) is 10.0 Å². The molecule has 3 rings (SSSR count). The predicted molar refractivity (Wildman–Crippen MR) is 114 cm³/mol. The van der Waals surface area contributed by atoms with Gasteiger partial charge in [0.2, 0.25) is 15.9 Å². The van der Waals surface area contributed by atoms with Crippen LogP contribution in [0.15, 0.2) is 89.8 Å². The van der Waals surface area contributed by atoms with Crippen molar-refractivity contribution in [1.82, 2.24) is 10.0 Å². The van der Waals surface area contributed by atoms with Gasteiger partial charge in [-0.3, -0.25) is 4.79 Å². The third-order valence-corrected chi connectivity index (χ3v) is 6.02. The minimum absolute atomic E-state index is 0.136. The third-order valence-electron chi connectivity index (χ3n) is 4.54. The van der Waals surface area contributed by atoms with Crippen LogP contribution in [0.2, 0.25) is 0 Å². The lowest BCUT2D eigenvalue weighted by atomic mass is 10.1. The number of amides is 1. The molecule has 0 aliphatic carbocycles. The fourth-order valence-corrected chi connectivity index (χ4v) is 4.11. The van der Waals surface area contributed by atoms with Gasteiger partial charge < -0.3 is 5.32 Å². The molecule has 0 fully saturated rings. The van der Waals surface area contributed by atoms with Crippen LogP contribution in [0.25, 0.3) is 0 Å². The molecule has 0 spiro atoms. The van der Waals surface area contributed by atoms with Crippen LogP contribution in [0, 0.1) is 6.92 Å². The number of carbonyl (C=O) groups excluding carboxylic acids is 1. The molecular weight excluding hydrogens is 384 g/mol. The fourth-order valence-electron chi connectivity index (χ4n) is 2.92. The van der Waals surface area contributed by atoms with Gasteiger partial charge in [-0.05, 0) is 36.6 Å². The van der Waals surface area contributed by atoms with E-state index < -0.39 is 16.1 Å². The second-order valence-corrected chi connectivity index (χ2v) is 8.59. The highest BCUT2D eigenvalue weighted by Crippen LogP contribution is 2.13. The average Bonchev–Trinajstić information content (AvgIpc) is 2.73. The first-order valence-corrected chi connectivity index (χ1v) is 10.9. The Labute approximate surface area is 171 Å². The van der Waals surface area contributed by atoms with E-state index in [1.807, 2.05) is 67.6 Å². The Morgan fingerprint density at radius 2 is 1.38 bits per heavy atom. The lowest BCUT2D eigenvalue weighted by Crippen LogP contribution is -2.47. The first-order valence-electron chi connectivity index (χ1n) is 9.38. The Hall–Kier alpha value is -2.96. The van der Waals surface area contributed by atoms with Crippen molar-refractivity contribution >= 4 is 15.9 Å². The average molecular weight is 409 g/mol. The molecule has 0 bridgehead atoms. The maximum absolute atomic E-state index is 12.8. The van der Waals surface area contributed by atoms with Crippen molar-refractivity contribution in [3.05, 3.63) is 102 Å². The number of carbonyl (C=O) groups is 1. The summed E-state index contributed by atoms with van der Waals surface area (Å²) in [4.78, 5) is 13.0. The van der Waals surface area contributed by atoms with Crippen molar-refractivity contribution in [2.45, 2.75) is 30.8 Å². The monoisotopic (exact) mass is 408 g/mol. The van der Waals surface area contributed by atoms with Gasteiger partial charge in [0.05, 0.1) is 4.90 Å². The zero-order valence-corrected chi connectivity index (χ0v) is 17.0. The van der Waals surface area contributed by atoms with Crippen molar-refractivity contribution in [1.29, 1.82) is 0 Å². The molecule has 29 heavy (non-hydrogen) atoms. The second-order valence-electron chi connectivity index (χ2n) is 6.88. The molecule has 0 saturated heterocycles. The highest BCUT2D eigenvalue weighted by atomic mass is 32.2. The number of sulfonamides is 1. The maximum atomic E-state index is 12.8. The first-order chi connectivity index (χ1) is 13.9. The molecule has 0 radical (unpaired) electrons. The predicted octanol–water partition coefficient (Wildman–Crippen LogP) is 3.20. The Kier molecular flexibility index (Phi) is 6.80. The molecule has 6 heteroatoms. The van der Waals surface area contributed by atoms with Crippen LogP contribution in [0.1, 0.15) is 16.7 Å². The molecule has 0 unspecified atom stereocenters. The Balaban J connectivity index is 1.78. The summed E-state index contributed by atoms with van der Waals surface area (Å²) in [7, 11) is -3.84. The summed E-state index contributed by atoms with van der Waals surface area (Å²) in [6.45, 7) is 2.22. The van der Waals surface area contributed by atoms with Crippen molar-refractivity contribution in [3.63, 3.8) is 0 Å². The summed E-state index contributed by atoms with van der Waals surface area (Å²) in [5, 5.41) is 2.84. The standard InChI is InChI=1S/C23H24N2O3S/c1-18-12-14-21(15-13-18)29(27,28)25-22(16-19-8-4-2-5-9-19)23(26)24-17-20-10-6-3-7-11-20/h2-15,22,25H,16-17H2,1H3,(H,24,26)/t22-/m1/s1. The summed E-state index contributed by atoms with van der Waals surface area (Å²) < 4.78 is 28.2. The molecule has 2 N–H and O–H groups in total. The van der Waals surface area contributed by atoms with E-state index in [-0.39, 0.29) is 17.2 Å². The van der Waals surface area contributed by atoms with Crippen LogP contribution >= 0.6 is 0 Å². The molecule has 3 aromatic carbocycles. The van der Waals surface area contributed by atoms with Gasteiger partial charge in [-0.15, -0.1) is 0 Å². The van der Waals surface area contributed by atoms with Crippen molar-refractivity contribution in [3.8, 4) is 0 Å². The summed E-state index contributed by atoms with van der Waals surface area (Å²) in [5.74, 6) is -0.367. The number of hydrogen-bond donors (Lipinski definition) is 2. The van der Waals surface area contributed by atoms with E-state index in [1.165, 1.54) is 0 Å². The first kappa shape index (κ1) is 20.8. The maximum Gasteiger partial charge on any atom is 0.241 e. The van der Waals surface area contributed by atoms with Crippen LogP contribution in [0.4, 0.5) is 0 Å². The smallest absolute Gasteiger partial charge is 0.241 e. The minimum atomic E-state index is -3.84. The molecular formula is C23H24N2O3S. The Bertz CT molecular complexity index is 1030. The van der Waals surface area contributed by atoms with Crippen LogP contribution < -0.4 is 10.0 Å². The zero-order chi connectivity index (χ0) is 20.7. The fraction of sp³-hybridized carbons (Fsp3) is 0.174. The lowest BCUT2D eigenvalue weighted by Gasteiger charge is -2.19. The van der Waals surface area contributed by atoms with Crippen molar-refractivity contribution in [2.24, 2.45) is 0 Å². The van der Waals surface area contributed by atoms with E-state index >= 15 is 0 Å². The van der Waals surface area contributed by atoms with Crippen LogP contribution in [0.3, 0.4) is 0 Å². The molecule has 1 atom stereocenters. The van der Waals surface area contributed by atoms with Gasteiger partial charge in [-0.1, -0.05) is 78.4 Å². The molecule has 0 aliphatic rings. The van der Waals surface area contributed by atoms with Gasteiger partial charge in [-0.2, -0.15) is 4.72 Å². The van der Waals surface area contributed by atoms with Gasteiger partial charge in [0.25, 0.3) is 0 Å². The molecule has 0 aromatic heterocycles. The van der Waals surface area contributed by atoms with E-state index in [4.69, 9.17) is 0 Å². The quantitative estimate of drug-likeness (QED) is 0.601. The van der Waals surface area contributed by atoms with Gasteiger partial charge in [0, 0.05) is 6.54 Å². The molecule has 0 heterocycles. The highest BCUT2D eigenvalue weighted by molar-refractivity contribution is 7.89. The third kappa shape index (κ3) is 6.01. The van der Waals surface area contributed by atoms with Gasteiger partial charge >= 0.3 is 0 Å². The van der Waals surface area contributed by atoms with E-state index in [0.29, 0.717) is 6.54 Å². The molecule has 5 nitrogen and oxygen atoms in total. The van der Waals surface area contributed by atoms with Gasteiger partial charge in [-0.25, -0.2) is 8.42 Å². The minimum Gasteiger partial charge on any atom is -0.351 e. The van der Waals surface area contributed by atoms with Crippen LogP contribution in [-0.4, -0.2) is 20.4 Å². The number of rotatable bonds is 8. The summed E-state index contributed by atoms with van der Waals surface area (Å²) in [5.41, 5.74) is 2.78. The van der Waals surface area contributed by atoms with Gasteiger partial charge in [0.1, 0.15) is 6.04 Å². The van der Waals surface area contributed by atoms with E-state index in [0.717, 1.165) is 16.7 Å². The SMILES string of the molecule is Cc1ccc(S(=O)(=O)N[C@H](Cc2ccccc2)C(=O)NCc2ccccc2)cc1. The Morgan fingerprint density at radius 3 is 1.97 bits per heavy atom. The molecule has 150 valence electrons. The number of hydrogen-bond acceptors (Lipinski definition) is 3. The number of benzene rings is 3. The molecule has 3 aromatic rings. The summed E-state index contributed by atoms with van der Waals surface area (Å²) in [6, 6.07) is 24.5. The molecule has 1 amide bonds.